The highest BCUT2D eigenvalue weighted by atomic mass is 35.5. The first-order valence-corrected chi connectivity index (χ1v) is 7.43. The number of guanidine groups is 1. The third kappa shape index (κ3) is 2.16. The predicted molar refractivity (Wildman–Crippen MR) is 91.2 cm³/mol. The number of nitro groups is 1. The van der Waals surface area contributed by atoms with Gasteiger partial charge in [0.25, 0.3) is 5.69 Å². The maximum Gasteiger partial charge on any atom is 0.288 e. The molecule has 9 heteroatoms. The number of hydrogen-bond donors (Lipinski definition) is 2. The molecule has 8 nitrogen and oxygen atoms in total. The Morgan fingerprint density at radius 2 is 2.08 bits per heavy atom. The molecule has 0 radical (unpaired) electrons. The second-order valence-electron chi connectivity index (χ2n) is 5.28. The van der Waals surface area contributed by atoms with Crippen molar-refractivity contribution in [2.24, 2.45) is 10.7 Å². The molecule has 0 spiro atoms. The average Bonchev–Trinajstić information content (AvgIpc) is 2.92. The number of para-hydroxylation sites is 2. The van der Waals surface area contributed by atoms with Gasteiger partial charge < -0.3 is 5.73 Å². The van der Waals surface area contributed by atoms with Crippen molar-refractivity contribution in [3.05, 3.63) is 63.2 Å². The molecule has 3 N–H and O–H groups in total. The van der Waals surface area contributed by atoms with Gasteiger partial charge in [-0.2, -0.15) is 0 Å². The van der Waals surface area contributed by atoms with Crippen LogP contribution in [0.1, 0.15) is 11.7 Å². The van der Waals surface area contributed by atoms with Crippen LogP contribution in [0, 0.1) is 10.1 Å². The number of imidazole rings is 1. The molecule has 2 heterocycles. The number of anilines is 1. The van der Waals surface area contributed by atoms with Gasteiger partial charge in [0.05, 0.1) is 16.0 Å². The van der Waals surface area contributed by atoms with E-state index in [1.54, 1.807) is 6.07 Å². The van der Waals surface area contributed by atoms with Gasteiger partial charge in [-0.25, -0.2) is 9.98 Å². The van der Waals surface area contributed by atoms with Crippen molar-refractivity contribution in [2.75, 3.05) is 5.32 Å². The number of fused-ring (bicyclic) bond motifs is 3. The molecule has 0 saturated heterocycles. The minimum Gasteiger partial charge on any atom is -0.370 e. The molecule has 0 bridgehead atoms. The van der Waals surface area contributed by atoms with E-state index in [0.29, 0.717) is 11.5 Å². The van der Waals surface area contributed by atoms with Crippen molar-refractivity contribution >= 4 is 40.2 Å². The van der Waals surface area contributed by atoms with Gasteiger partial charge in [0.2, 0.25) is 5.95 Å². The van der Waals surface area contributed by atoms with Crippen LogP contribution in [0.15, 0.2) is 47.5 Å². The smallest absolute Gasteiger partial charge is 0.288 e. The van der Waals surface area contributed by atoms with Crippen LogP contribution in [0.25, 0.3) is 11.0 Å². The predicted octanol–water partition coefficient (Wildman–Crippen LogP) is 2.89. The molecule has 4 rings (SSSR count). The Labute approximate surface area is 140 Å². The standard InChI is InChI=1S/C15H11ClN6O2/c16-9-6-5-8(7-12(9)22(23)24)13-19-14(17)20-15-18-10-3-1-2-4-11(10)21(13)15/h1-7,13H,(H3,17,18,19,20). The highest BCUT2D eigenvalue weighted by molar-refractivity contribution is 6.32. The molecule has 0 amide bonds. The Balaban J connectivity index is 1.94. The molecule has 2 aromatic carbocycles. The summed E-state index contributed by atoms with van der Waals surface area (Å²) in [6.07, 6.45) is -0.565. The van der Waals surface area contributed by atoms with Crippen LogP contribution in [0.4, 0.5) is 11.6 Å². The van der Waals surface area contributed by atoms with Gasteiger partial charge in [0.15, 0.2) is 12.1 Å². The molecule has 1 aromatic heterocycles. The van der Waals surface area contributed by atoms with Gasteiger partial charge in [-0.1, -0.05) is 29.8 Å². The highest BCUT2D eigenvalue weighted by Crippen LogP contribution is 2.35. The number of halogens is 1. The lowest BCUT2D eigenvalue weighted by atomic mass is 10.1. The first-order chi connectivity index (χ1) is 11.5. The van der Waals surface area contributed by atoms with Crippen molar-refractivity contribution < 1.29 is 4.92 Å². The van der Waals surface area contributed by atoms with E-state index in [4.69, 9.17) is 17.3 Å². The van der Waals surface area contributed by atoms with Gasteiger partial charge in [-0.15, -0.1) is 0 Å². The fraction of sp³-hybridized carbons (Fsp3) is 0.0667. The van der Waals surface area contributed by atoms with E-state index < -0.39 is 11.1 Å². The number of nitro benzene ring substituents is 1. The Morgan fingerprint density at radius 3 is 2.88 bits per heavy atom. The number of aromatic nitrogens is 2. The quantitative estimate of drug-likeness (QED) is 0.549. The Morgan fingerprint density at radius 1 is 1.29 bits per heavy atom. The van der Waals surface area contributed by atoms with Crippen molar-refractivity contribution in [1.82, 2.24) is 9.55 Å². The lowest BCUT2D eigenvalue weighted by Crippen LogP contribution is -2.31. The summed E-state index contributed by atoms with van der Waals surface area (Å²) in [7, 11) is 0. The average molecular weight is 343 g/mol. The summed E-state index contributed by atoms with van der Waals surface area (Å²) in [5.74, 6) is 0.728. The summed E-state index contributed by atoms with van der Waals surface area (Å²) in [4.78, 5) is 19.5. The topological polar surface area (TPSA) is 111 Å². The number of nitrogens with two attached hydrogens (primary N) is 1. The summed E-state index contributed by atoms with van der Waals surface area (Å²) in [5.41, 5.74) is 7.90. The van der Waals surface area contributed by atoms with Crippen molar-refractivity contribution in [1.29, 1.82) is 0 Å². The molecule has 120 valence electrons. The molecule has 1 unspecified atom stereocenters. The zero-order valence-corrected chi connectivity index (χ0v) is 12.9. The van der Waals surface area contributed by atoms with E-state index in [9.17, 15) is 10.1 Å². The zero-order valence-electron chi connectivity index (χ0n) is 12.2. The minimum absolute atomic E-state index is 0.0744. The lowest BCUT2D eigenvalue weighted by molar-refractivity contribution is -0.384. The number of rotatable bonds is 2. The van der Waals surface area contributed by atoms with Crippen LogP contribution in [0.5, 0.6) is 0 Å². The molecular formula is C15H11ClN6O2. The number of aliphatic imine (C=N–C) groups is 1. The lowest BCUT2D eigenvalue weighted by Gasteiger charge is -2.23. The number of benzene rings is 2. The van der Waals surface area contributed by atoms with Gasteiger partial charge in [-0.3, -0.25) is 20.0 Å². The van der Waals surface area contributed by atoms with E-state index >= 15 is 0 Å². The summed E-state index contributed by atoms with van der Waals surface area (Å²) < 4.78 is 1.85. The van der Waals surface area contributed by atoms with Crippen LogP contribution in [-0.4, -0.2) is 20.4 Å². The second-order valence-corrected chi connectivity index (χ2v) is 5.68. The number of hydrogen-bond acceptors (Lipinski definition) is 6. The Bertz CT molecular complexity index is 1010. The van der Waals surface area contributed by atoms with Gasteiger partial charge in [-0.05, 0) is 18.2 Å². The second kappa shape index (κ2) is 5.20. The molecule has 3 aromatic rings. The van der Waals surface area contributed by atoms with Gasteiger partial charge in [0, 0.05) is 11.6 Å². The van der Waals surface area contributed by atoms with E-state index in [0.717, 1.165) is 11.0 Å². The molecule has 1 aliphatic rings. The SMILES string of the molecule is NC1=NC(c2ccc(Cl)c([N+](=O)[O-])c2)n2c(nc3ccccc32)N1. The fourth-order valence-electron chi connectivity index (χ4n) is 2.77. The maximum absolute atomic E-state index is 11.2. The summed E-state index contributed by atoms with van der Waals surface area (Å²) >= 11 is 5.90. The molecule has 0 saturated carbocycles. The third-order valence-electron chi connectivity index (χ3n) is 3.81. The molecule has 0 fully saturated rings. The monoisotopic (exact) mass is 342 g/mol. The van der Waals surface area contributed by atoms with Crippen molar-refractivity contribution in [2.45, 2.75) is 6.17 Å². The van der Waals surface area contributed by atoms with Crippen LogP contribution in [-0.2, 0) is 0 Å². The third-order valence-corrected chi connectivity index (χ3v) is 4.13. The summed E-state index contributed by atoms with van der Waals surface area (Å²) in [6.45, 7) is 0. The fourth-order valence-corrected chi connectivity index (χ4v) is 2.96. The number of nitrogens with zero attached hydrogens (tertiary/aromatic N) is 4. The van der Waals surface area contributed by atoms with Crippen LogP contribution < -0.4 is 11.1 Å². The van der Waals surface area contributed by atoms with Gasteiger partial charge in [0.1, 0.15) is 5.02 Å². The molecule has 0 aliphatic carbocycles. The van der Waals surface area contributed by atoms with Crippen molar-refractivity contribution in [3.63, 3.8) is 0 Å². The normalized spacial score (nSPS) is 16.4. The highest BCUT2D eigenvalue weighted by Gasteiger charge is 2.26. The zero-order chi connectivity index (χ0) is 16.8. The first kappa shape index (κ1) is 14.5. The summed E-state index contributed by atoms with van der Waals surface area (Å²) in [5, 5.41) is 14.2. The molecule has 24 heavy (non-hydrogen) atoms. The van der Waals surface area contributed by atoms with Crippen molar-refractivity contribution in [3.8, 4) is 0 Å². The molecule has 1 atom stereocenters. The van der Waals surface area contributed by atoms with E-state index in [-0.39, 0.29) is 16.7 Å². The van der Waals surface area contributed by atoms with Gasteiger partial charge >= 0.3 is 0 Å². The first-order valence-electron chi connectivity index (χ1n) is 7.05. The Kier molecular flexibility index (Phi) is 3.14. The Hall–Kier alpha value is -3.13. The van der Waals surface area contributed by atoms with Crippen LogP contribution in [0.2, 0.25) is 5.02 Å². The van der Waals surface area contributed by atoms with E-state index in [1.165, 1.54) is 12.1 Å². The van der Waals surface area contributed by atoms with E-state index in [2.05, 4.69) is 15.3 Å². The van der Waals surface area contributed by atoms with Crippen LogP contribution in [0.3, 0.4) is 0 Å². The maximum atomic E-state index is 11.2. The summed E-state index contributed by atoms with van der Waals surface area (Å²) in [6, 6.07) is 12.1. The molecular weight excluding hydrogens is 332 g/mol. The largest absolute Gasteiger partial charge is 0.370 e. The van der Waals surface area contributed by atoms with Crippen LogP contribution >= 0.6 is 11.6 Å². The van der Waals surface area contributed by atoms with E-state index in [1.807, 2.05) is 28.8 Å². The molecule has 1 aliphatic heterocycles. The minimum atomic E-state index is -0.565. The number of nitrogens with one attached hydrogen (secondary N) is 1.